The molecule has 1 aliphatic heterocycles. The van der Waals surface area contributed by atoms with Gasteiger partial charge in [-0.15, -0.1) is 0 Å². The summed E-state index contributed by atoms with van der Waals surface area (Å²) in [7, 11) is 0. The fraction of sp³-hybridized carbons (Fsp3) is 0.667. The second kappa shape index (κ2) is 3.56. The van der Waals surface area contributed by atoms with Crippen molar-refractivity contribution in [1.29, 1.82) is 0 Å². The normalized spacial score (nSPS) is 19.7. The van der Waals surface area contributed by atoms with E-state index in [1.54, 1.807) is 0 Å². The number of hydrogen-bond donors (Lipinski definition) is 0. The minimum Gasteiger partial charge on any atom is -0.375 e. The number of Topliss-reactive ketones (excluding diaryl/α,β-unsaturated/α-hetero) is 1. The molecule has 1 rings (SSSR count). The molecule has 0 atom stereocenters. The third-order valence-electron chi connectivity index (χ3n) is 2.08. The molecule has 0 bridgehead atoms. The molecule has 2 heteroatoms. The molecule has 2 nitrogen and oxygen atoms in total. The zero-order valence-corrected chi connectivity index (χ0v) is 7.10. The predicted octanol–water partition coefficient (Wildman–Crippen LogP) is 1.57. The molecule has 1 heterocycles. The van der Waals surface area contributed by atoms with Crippen molar-refractivity contribution in [2.45, 2.75) is 26.2 Å². The van der Waals surface area contributed by atoms with Gasteiger partial charge in [0.25, 0.3) is 0 Å². The van der Waals surface area contributed by atoms with Gasteiger partial charge < -0.3 is 4.90 Å². The van der Waals surface area contributed by atoms with Crippen LogP contribution in [0.15, 0.2) is 12.3 Å². The maximum atomic E-state index is 11.0. The van der Waals surface area contributed by atoms with Gasteiger partial charge in [-0.25, -0.2) is 0 Å². The SMILES string of the molecule is C=C(C)N1CCCC(=O)CC1. The van der Waals surface area contributed by atoms with Gasteiger partial charge in [-0.1, -0.05) is 6.58 Å². The molecule has 0 radical (unpaired) electrons. The second-order valence-corrected chi connectivity index (χ2v) is 3.11. The van der Waals surface area contributed by atoms with Crippen molar-refractivity contribution in [3.05, 3.63) is 12.3 Å². The maximum absolute atomic E-state index is 11.0. The van der Waals surface area contributed by atoms with Gasteiger partial charge in [-0.05, 0) is 13.3 Å². The number of carbonyl (C=O) groups excluding carboxylic acids is 1. The summed E-state index contributed by atoms with van der Waals surface area (Å²) in [6.07, 6.45) is 2.45. The monoisotopic (exact) mass is 153 g/mol. The van der Waals surface area contributed by atoms with Crippen LogP contribution in [0.5, 0.6) is 0 Å². The quantitative estimate of drug-likeness (QED) is 0.570. The average Bonchev–Trinajstić information content (AvgIpc) is 2.13. The van der Waals surface area contributed by atoms with E-state index in [0.717, 1.165) is 31.6 Å². The van der Waals surface area contributed by atoms with Crippen LogP contribution < -0.4 is 0 Å². The summed E-state index contributed by atoms with van der Waals surface area (Å²) in [6.45, 7) is 7.73. The van der Waals surface area contributed by atoms with Crippen LogP contribution in [-0.2, 0) is 4.79 Å². The first-order valence-electron chi connectivity index (χ1n) is 4.12. The molecule has 0 amide bonds. The summed E-state index contributed by atoms with van der Waals surface area (Å²) in [5.41, 5.74) is 1.08. The minimum atomic E-state index is 0.397. The summed E-state index contributed by atoms with van der Waals surface area (Å²) < 4.78 is 0. The molecule has 1 fully saturated rings. The fourth-order valence-corrected chi connectivity index (χ4v) is 1.35. The highest BCUT2D eigenvalue weighted by atomic mass is 16.1. The Kier molecular flexibility index (Phi) is 2.69. The molecule has 0 unspecified atom stereocenters. The lowest BCUT2D eigenvalue weighted by Gasteiger charge is -2.21. The third kappa shape index (κ3) is 2.37. The minimum absolute atomic E-state index is 0.397. The zero-order chi connectivity index (χ0) is 8.27. The van der Waals surface area contributed by atoms with Crippen LogP contribution in [0.3, 0.4) is 0 Å². The van der Waals surface area contributed by atoms with E-state index in [9.17, 15) is 4.79 Å². The summed E-state index contributed by atoms with van der Waals surface area (Å²) in [4.78, 5) is 13.2. The second-order valence-electron chi connectivity index (χ2n) is 3.11. The smallest absolute Gasteiger partial charge is 0.134 e. The molecule has 0 N–H and O–H groups in total. The summed E-state index contributed by atoms with van der Waals surface area (Å²) in [6, 6.07) is 0. The molecule has 0 aromatic heterocycles. The molecule has 11 heavy (non-hydrogen) atoms. The topological polar surface area (TPSA) is 20.3 Å². The Morgan fingerprint density at radius 3 is 2.82 bits per heavy atom. The van der Waals surface area contributed by atoms with E-state index in [1.165, 1.54) is 0 Å². The molecule has 62 valence electrons. The number of ketones is 1. The summed E-state index contributed by atoms with van der Waals surface area (Å²) >= 11 is 0. The van der Waals surface area contributed by atoms with Gasteiger partial charge in [0.05, 0.1) is 0 Å². The maximum Gasteiger partial charge on any atom is 0.134 e. The molecule has 0 saturated carbocycles. The first-order chi connectivity index (χ1) is 5.20. The number of allylic oxidation sites excluding steroid dienone is 1. The molecule has 0 aromatic carbocycles. The van der Waals surface area contributed by atoms with Crippen molar-refractivity contribution >= 4 is 5.78 Å². The van der Waals surface area contributed by atoms with Gasteiger partial charge >= 0.3 is 0 Å². The lowest BCUT2D eigenvalue weighted by molar-refractivity contribution is -0.118. The molecule has 0 aliphatic carbocycles. The van der Waals surface area contributed by atoms with E-state index in [2.05, 4.69) is 11.5 Å². The number of hydrogen-bond acceptors (Lipinski definition) is 2. The molecule has 1 saturated heterocycles. The largest absolute Gasteiger partial charge is 0.375 e. The van der Waals surface area contributed by atoms with Gasteiger partial charge in [0.2, 0.25) is 0 Å². The number of likely N-dealkylation sites (tertiary alicyclic amines) is 1. The van der Waals surface area contributed by atoms with Crippen molar-refractivity contribution in [3.63, 3.8) is 0 Å². The highest BCUT2D eigenvalue weighted by Crippen LogP contribution is 2.10. The van der Waals surface area contributed by atoms with E-state index in [-0.39, 0.29) is 0 Å². The summed E-state index contributed by atoms with van der Waals surface area (Å²) in [5.74, 6) is 0.397. The van der Waals surface area contributed by atoms with Crippen LogP contribution in [0, 0.1) is 0 Å². The van der Waals surface area contributed by atoms with Crippen molar-refractivity contribution in [3.8, 4) is 0 Å². The predicted molar refractivity (Wildman–Crippen MR) is 45.2 cm³/mol. The van der Waals surface area contributed by atoms with Gasteiger partial charge in [0.15, 0.2) is 0 Å². The lowest BCUT2D eigenvalue weighted by atomic mass is 10.2. The number of rotatable bonds is 1. The molecular weight excluding hydrogens is 138 g/mol. The molecule has 0 aromatic rings. The van der Waals surface area contributed by atoms with E-state index in [0.29, 0.717) is 12.2 Å². The van der Waals surface area contributed by atoms with Crippen LogP contribution >= 0.6 is 0 Å². The van der Waals surface area contributed by atoms with E-state index < -0.39 is 0 Å². The Balaban J connectivity index is 2.46. The lowest BCUT2D eigenvalue weighted by Crippen LogP contribution is -2.21. The zero-order valence-electron chi connectivity index (χ0n) is 7.10. The highest BCUT2D eigenvalue weighted by Gasteiger charge is 2.12. The van der Waals surface area contributed by atoms with Crippen molar-refractivity contribution in [1.82, 2.24) is 4.90 Å². The number of carbonyl (C=O) groups is 1. The van der Waals surface area contributed by atoms with E-state index in [4.69, 9.17) is 0 Å². The Hall–Kier alpha value is -0.790. The first-order valence-corrected chi connectivity index (χ1v) is 4.12. The Labute approximate surface area is 67.9 Å². The molecule has 0 spiro atoms. The van der Waals surface area contributed by atoms with Gasteiger partial charge in [0.1, 0.15) is 5.78 Å². The average molecular weight is 153 g/mol. The van der Waals surface area contributed by atoms with Crippen molar-refractivity contribution in [2.75, 3.05) is 13.1 Å². The van der Waals surface area contributed by atoms with Gasteiger partial charge in [-0.3, -0.25) is 4.79 Å². The first kappa shape index (κ1) is 8.31. The van der Waals surface area contributed by atoms with Gasteiger partial charge in [-0.2, -0.15) is 0 Å². The summed E-state index contributed by atoms with van der Waals surface area (Å²) in [5, 5.41) is 0. The molecule has 1 aliphatic rings. The van der Waals surface area contributed by atoms with Crippen LogP contribution in [0.4, 0.5) is 0 Å². The van der Waals surface area contributed by atoms with Crippen molar-refractivity contribution in [2.24, 2.45) is 0 Å². The number of nitrogens with zero attached hydrogens (tertiary/aromatic N) is 1. The highest BCUT2D eigenvalue weighted by molar-refractivity contribution is 5.78. The van der Waals surface area contributed by atoms with E-state index in [1.807, 2.05) is 6.92 Å². The van der Waals surface area contributed by atoms with E-state index >= 15 is 0 Å². The van der Waals surface area contributed by atoms with Gasteiger partial charge in [0, 0.05) is 31.6 Å². The van der Waals surface area contributed by atoms with Crippen molar-refractivity contribution < 1.29 is 4.79 Å². The standard InChI is InChI=1S/C9H15NO/c1-8(2)10-6-3-4-9(11)5-7-10/h1,3-7H2,2H3. The Bertz CT molecular complexity index is 174. The Morgan fingerprint density at radius 1 is 1.45 bits per heavy atom. The molecular formula is C9H15NO. The fourth-order valence-electron chi connectivity index (χ4n) is 1.35. The van der Waals surface area contributed by atoms with Crippen LogP contribution in [0.25, 0.3) is 0 Å². The van der Waals surface area contributed by atoms with Crippen LogP contribution in [0.1, 0.15) is 26.2 Å². The van der Waals surface area contributed by atoms with Crippen LogP contribution in [0.2, 0.25) is 0 Å². The Morgan fingerprint density at radius 2 is 2.18 bits per heavy atom. The third-order valence-corrected chi connectivity index (χ3v) is 2.08. The van der Waals surface area contributed by atoms with Crippen LogP contribution in [-0.4, -0.2) is 23.8 Å².